The molecule has 0 bridgehead atoms. The molecule has 0 aliphatic carbocycles. The number of fused-ring (bicyclic) bond motifs is 3. The monoisotopic (exact) mass is 828 g/mol. The SMILES string of the molecule is CC(C)[Si](C#Cc1cccc2cccc(-c3ncc4c(N(C)C5CN(C(=O)OC(C)(C)C)C[C@H]5F)nc(OC[C@@]56CCCN5C[C@H](F)C6)nc4c3F)c12)(C(C)C)C(C)C. The highest BCUT2D eigenvalue weighted by atomic mass is 28.3. The largest absolute Gasteiger partial charge is 0.461 e. The van der Waals surface area contributed by atoms with Gasteiger partial charge < -0.3 is 19.3 Å². The zero-order valence-corrected chi connectivity index (χ0v) is 37.2. The molecule has 316 valence electrons. The van der Waals surface area contributed by atoms with Crippen molar-refractivity contribution < 1.29 is 27.4 Å². The number of rotatable bonds is 9. The van der Waals surface area contributed by atoms with E-state index in [1.165, 1.54) is 11.1 Å². The summed E-state index contributed by atoms with van der Waals surface area (Å²) in [6.07, 6.45) is 0.527. The molecule has 2 aromatic carbocycles. The van der Waals surface area contributed by atoms with Crippen LogP contribution in [0.2, 0.25) is 16.6 Å². The van der Waals surface area contributed by atoms with Gasteiger partial charge in [-0.1, -0.05) is 77.8 Å². The van der Waals surface area contributed by atoms with Crippen LogP contribution in [0.1, 0.15) is 87.1 Å². The van der Waals surface area contributed by atoms with Crippen LogP contribution < -0.4 is 9.64 Å². The number of benzene rings is 2. The van der Waals surface area contributed by atoms with Gasteiger partial charge in [0.15, 0.2) is 5.82 Å². The van der Waals surface area contributed by atoms with Gasteiger partial charge in [0.1, 0.15) is 49.7 Å². The zero-order chi connectivity index (χ0) is 42.6. The number of ether oxygens (including phenoxy) is 2. The van der Waals surface area contributed by atoms with Crippen LogP contribution in [-0.4, -0.2) is 108 Å². The van der Waals surface area contributed by atoms with Crippen LogP contribution in [0.3, 0.4) is 0 Å². The number of anilines is 1. The van der Waals surface area contributed by atoms with E-state index >= 15 is 8.78 Å². The van der Waals surface area contributed by atoms with E-state index in [-0.39, 0.29) is 48.1 Å². The molecule has 2 aromatic heterocycles. The maximum atomic E-state index is 17.5. The van der Waals surface area contributed by atoms with Gasteiger partial charge >= 0.3 is 12.1 Å². The Morgan fingerprint density at radius 3 is 2.39 bits per heavy atom. The predicted octanol–water partition coefficient (Wildman–Crippen LogP) is 9.90. The Morgan fingerprint density at radius 1 is 1.02 bits per heavy atom. The van der Waals surface area contributed by atoms with Crippen molar-refractivity contribution in [2.24, 2.45) is 0 Å². The van der Waals surface area contributed by atoms with Crippen LogP contribution in [0.25, 0.3) is 32.9 Å². The number of likely N-dealkylation sites (N-methyl/N-ethyl adjacent to an activating group) is 1. The van der Waals surface area contributed by atoms with E-state index in [0.29, 0.717) is 35.2 Å². The lowest BCUT2D eigenvalue weighted by atomic mass is 9.95. The fourth-order valence-corrected chi connectivity index (χ4v) is 15.4. The summed E-state index contributed by atoms with van der Waals surface area (Å²) >= 11 is 0. The first-order valence-corrected chi connectivity index (χ1v) is 23.4. The molecule has 4 atom stereocenters. The van der Waals surface area contributed by atoms with E-state index in [2.05, 4.69) is 62.9 Å². The summed E-state index contributed by atoms with van der Waals surface area (Å²) in [5.41, 5.74) is 5.32. The number of amides is 1. The molecule has 1 amide bonds. The van der Waals surface area contributed by atoms with Crippen molar-refractivity contribution in [3.8, 4) is 28.7 Å². The fraction of sp³-hybridized carbons (Fsp3) is 0.565. The topological polar surface area (TPSA) is 83.9 Å². The van der Waals surface area contributed by atoms with Gasteiger partial charge in [-0.3, -0.25) is 9.88 Å². The molecule has 3 aliphatic heterocycles. The molecule has 59 heavy (non-hydrogen) atoms. The minimum absolute atomic E-state index is 0.0204. The second kappa shape index (κ2) is 16.2. The lowest BCUT2D eigenvalue weighted by Gasteiger charge is -2.38. The lowest BCUT2D eigenvalue weighted by Crippen LogP contribution is -2.43. The normalized spacial score (nSPS) is 22.4. The van der Waals surface area contributed by atoms with Gasteiger partial charge in [0.2, 0.25) is 0 Å². The molecule has 1 unspecified atom stereocenters. The molecule has 3 saturated heterocycles. The quantitative estimate of drug-likeness (QED) is 0.122. The molecule has 3 aliphatic rings. The number of halogens is 3. The second-order valence-corrected chi connectivity index (χ2v) is 24.4. The number of nitrogens with zero attached hydrogens (tertiary/aromatic N) is 6. The molecule has 13 heteroatoms. The van der Waals surface area contributed by atoms with Gasteiger partial charge in [-0.25, -0.2) is 18.0 Å². The number of alkyl halides is 2. The van der Waals surface area contributed by atoms with E-state index in [9.17, 15) is 9.18 Å². The van der Waals surface area contributed by atoms with Crippen molar-refractivity contribution in [1.29, 1.82) is 0 Å². The Kier molecular flexibility index (Phi) is 11.7. The van der Waals surface area contributed by atoms with Gasteiger partial charge in [0, 0.05) is 49.3 Å². The van der Waals surface area contributed by atoms with Crippen molar-refractivity contribution in [3.63, 3.8) is 0 Å². The van der Waals surface area contributed by atoms with E-state index in [1.54, 1.807) is 32.7 Å². The average Bonchev–Trinajstić information content (AvgIpc) is 3.84. The first kappa shape index (κ1) is 42.7. The average molecular weight is 829 g/mol. The van der Waals surface area contributed by atoms with Crippen molar-refractivity contribution >= 4 is 41.7 Å². The molecule has 4 aromatic rings. The first-order valence-electron chi connectivity index (χ1n) is 21.1. The maximum Gasteiger partial charge on any atom is 0.410 e. The van der Waals surface area contributed by atoms with E-state index in [4.69, 9.17) is 19.4 Å². The summed E-state index contributed by atoms with van der Waals surface area (Å²) in [6.45, 7) is 20.1. The van der Waals surface area contributed by atoms with Gasteiger partial charge in [-0.05, 0) is 68.2 Å². The third-order valence-electron chi connectivity index (χ3n) is 13.0. The molecule has 0 saturated carbocycles. The number of hydrogen-bond acceptors (Lipinski definition) is 8. The number of pyridine rings is 1. The van der Waals surface area contributed by atoms with Crippen LogP contribution >= 0.6 is 0 Å². The maximum absolute atomic E-state index is 17.5. The second-order valence-electron chi connectivity index (χ2n) is 18.8. The minimum atomic E-state index is -2.10. The predicted molar refractivity (Wildman–Crippen MR) is 232 cm³/mol. The Morgan fingerprint density at radius 2 is 1.71 bits per heavy atom. The molecule has 5 heterocycles. The molecule has 0 N–H and O–H groups in total. The Hall–Kier alpha value is -4.41. The number of carbonyl (C=O) groups is 1. The standard InChI is InChI=1S/C46H59F3N6O3Si/c1-28(2)59(29(3)4,30(5)6)21-18-32-15-11-14-31-16-12-17-34(38(31)32)40-39(49)41-35(23-50-40)42(53(10)37-26-54(25-36(37)48)44(56)58-45(7,8)9)52-43(51-41)57-27-46-19-13-20-55(46)24-33(47)22-46/h11-12,14-17,23,28-30,33,36-37H,13,19-20,22,24-27H2,1-10H3/t33-,36-,37?,46+/m1/s1. The van der Waals surface area contributed by atoms with Crippen LogP contribution in [0.5, 0.6) is 6.01 Å². The van der Waals surface area contributed by atoms with Gasteiger partial charge in [0.25, 0.3) is 0 Å². The minimum Gasteiger partial charge on any atom is -0.461 e. The Labute approximate surface area is 348 Å². The van der Waals surface area contributed by atoms with Crippen LogP contribution in [0, 0.1) is 17.3 Å². The van der Waals surface area contributed by atoms with E-state index < -0.39 is 49.5 Å². The number of carbonyl (C=O) groups excluding carboxylic acids is 1. The van der Waals surface area contributed by atoms with Crippen LogP contribution in [-0.2, 0) is 4.74 Å². The summed E-state index contributed by atoms with van der Waals surface area (Å²) in [4.78, 5) is 32.2. The van der Waals surface area contributed by atoms with Gasteiger partial charge in [-0.2, -0.15) is 9.97 Å². The zero-order valence-electron chi connectivity index (χ0n) is 36.2. The summed E-state index contributed by atoms with van der Waals surface area (Å²) in [7, 11) is -0.432. The van der Waals surface area contributed by atoms with Crippen molar-refractivity contribution in [1.82, 2.24) is 24.8 Å². The Bertz CT molecular complexity index is 2260. The third kappa shape index (κ3) is 7.99. The highest BCUT2D eigenvalue weighted by molar-refractivity contribution is 6.90. The van der Waals surface area contributed by atoms with Crippen molar-refractivity contribution in [2.75, 3.05) is 44.7 Å². The number of aromatic nitrogens is 3. The summed E-state index contributed by atoms with van der Waals surface area (Å²) in [5.74, 6) is 3.13. The molecule has 7 rings (SSSR count). The van der Waals surface area contributed by atoms with Gasteiger partial charge in [0.05, 0.1) is 23.5 Å². The van der Waals surface area contributed by atoms with Crippen LogP contribution in [0.4, 0.5) is 23.8 Å². The van der Waals surface area contributed by atoms with Crippen LogP contribution in [0.15, 0.2) is 42.6 Å². The molecular weight excluding hydrogens is 770 g/mol. The van der Waals surface area contributed by atoms with Gasteiger partial charge in [-0.15, -0.1) is 5.54 Å². The summed E-state index contributed by atoms with van der Waals surface area (Å²) < 4.78 is 60.0. The highest BCUT2D eigenvalue weighted by Crippen LogP contribution is 2.43. The van der Waals surface area contributed by atoms with Crippen molar-refractivity contribution in [3.05, 3.63) is 54.0 Å². The molecular formula is C46H59F3N6O3Si. The summed E-state index contributed by atoms with van der Waals surface area (Å²) in [6, 6.07) is 10.8. The smallest absolute Gasteiger partial charge is 0.410 e. The summed E-state index contributed by atoms with van der Waals surface area (Å²) in [5, 5.41) is 1.96. The number of likely N-dealkylation sites (tertiary alicyclic amines) is 1. The highest BCUT2D eigenvalue weighted by Gasteiger charge is 2.50. The van der Waals surface area contributed by atoms with E-state index in [1.807, 2.05) is 36.4 Å². The molecule has 3 fully saturated rings. The molecule has 9 nitrogen and oxygen atoms in total. The van der Waals surface area contributed by atoms with Crippen molar-refractivity contribution in [2.45, 2.75) is 128 Å². The molecule has 0 spiro atoms. The number of hydrogen-bond donors (Lipinski definition) is 0. The third-order valence-corrected chi connectivity index (χ3v) is 19.3. The van der Waals surface area contributed by atoms with E-state index in [0.717, 1.165) is 35.7 Å². The molecule has 0 radical (unpaired) electrons. The Balaban J connectivity index is 1.34. The lowest BCUT2D eigenvalue weighted by molar-refractivity contribution is 0.0283. The first-order chi connectivity index (χ1) is 27.8. The fourth-order valence-electron chi connectivity index (χ4n) is 10.2.